The van der Waals surface area contributed by atoms with Crippen LogP contribution in [-0.4, -0.2) is 31.7 Å². The Balaban J connectivity index is 1.48. The lowest BCUT2D eigenvalue weighted by atomic mass is 10.2. The molecule has 154 valence electrons. The van der Waals surface area contributed by atoms with Crippen molar-refractivity contribution in [3.63, 3.8) is 0 Å². The highest BCUT2D eigenvalue weighted by Gasteiger charge is 2.15. The number of esters is 1. The monoisotopic (exact) mass is 405 g/mol. The molecule has 6 heteroatoms. The molecular formula is C24H23NO5. The van der Waals surface area contributed by atoms with Crippen molar-refractivity contribution in [3.8, 4) is 11.5 Å². The number of nitrogens with one attached hydrogen (secondary N) is 1. The Morgan fingerprint density at radius 2 is 1.47 bits per heavy atom. The molecule has 1 amide bonds. The smallest absolute Gasteiger partial charge is 0.342 e. The maximum absolute atomic E-state index is 12.4. The van der Waals surface area contributed by atoms with Crippen LogP contribution in [0.2, 0.25) is 0 Å². The van der Waals surface area contributed by atoms with Crippen LogP contribution < -0.4 is 14.8 Å². The van der Waals surface area contributed by atoms with Gasteiger partial charge < -0.3 is 19.5 Å². The number of benzene rings is 3. The fraction of sp³-hybridized carbons (Fsp3) is 0.167. The van der Waals surface area contributed by atoms with Crippen LogP contribution in [0.5, 0.6) is 11.5 Å². The van der Waals surface area contributed by atoms with Crippen molar-refractivity contribution in [2.75, 3.05) is 25.1 Å². The fourth-order valence-corrected chi connectivity index (χ4v) is 2.63. The SMILES string of the molecule is Cc1ccc(NC(=O)COC(=O)c2ccccc2OCCOc2ccccc2)cc1. The molecule has 3 aromatic rings. The van der Waals surface area contributed by atoms with Crippen molar-refractivity contribution in [1.29, 1.82) is 0 Å². The summed E-state index contributed by atoms with van der Waals surface area (Å²) in [4.78, 5) is 24.4. The quantitative estimate of drug-likeness (QED) is 0.426. The highest BCUT2D eigenvalue weighted by molar-refractivity contribution is 5.96. The zero-order valence-corrected chi connectivity index (χ0v) is 16.7. The number of hydrogen-bond donors (Lipinski definition) is 1. The largest absolute Gasteiger partial charge is 0.490 e. The van der Waals surface area contributed by atoms with E-state index < -0.39 is 18.5 Å². The molecule has 0 atom stereocenters. The fourth-order valence-electron chi connectivity index (χ4n) is 2.63. The molecule has 0 bridgehead atoms. The van der Waals surface area contributed by atoms with E-state index in [0.29, 0.717) is 18.0 Å². The molecule has 0 aliphatic rings. The number of hydrogen-bond acceptors (Lipinski definition) is 5. The molecule has 0 radical (unpaired) electrons. The highest BCUT2D eigenvalue weighted by atomic mass is 16.5. The van der Waals surface area contributed by atoms with Crippen molar-refractivity contribution in [2.45, 2.75) is 6.92 Å². The van der Waals surface area contributed by atoms with E-state index in [4.69, 9.17) is 14.2 Å². The number of rotatable bonds is 9. The molecule has 0 aromatic heterocycles. The predicted molar refractivity (Wildman–Crippen MR) is 114 cm³/mol. The number of aryl methyl sites for hydroxylation is 1. The van der Waals surface area contributed by atoms with Gasteiger partial charge in [0.15, 0.2) is 6.61 Å². The lowest BCUT2D eigenvalue weighted by Gasteiger charge is -2.12. The summed E-state index contributed by atoms with van der Waals surface area (Å²) in [6.07, 6.45) is 0. The second kappa shape index (κ2) is 10.7. The zero-order chi connectivity index (χ0) is 21.2. The maximum Gasteiger partial charge on any atom is 0.342 e. The summed E-state index contributed by atoms with van der Waals surface area (Å²) in [5.41, 5.74) is 1.98. The van der Waals surface area contributed by atoms with Crippen molar-refractivity contribution in [3.05, 3.63) is 90.0 Å². The summed E-state index contributed by atoms with van der Waals surface area (Å²) in [7, 11) is 0. The van der Waals surface area contributed by atoms with E-state index in [1.807, 2.05) is 49.4 Å². The molecule has 1 N–H and O–H groups in total. The first-order valence-corrected chi connectivity index (χ1v) is 9.55. The van der Waals surface area contributed by atoms with Crippen LogP contribution >= 0.6 is 0 Å². The Labute approximate surface area is 175 Å². The average Bonchev–Trinajstić information content (AvgIpc) is 2.78. The molecule has 3 rings (SSSR count). The minimum absolute atomic E-state index is 0.250. The van der Waals surface area contributed by atoms with Gasteiger partial charge in [0.25, 0.3) is 5.91 Å². The second-order valence-corrected chi connectivity index (χ2v) is 6.50. The van der Waals surface area contributed by atoms with Gasteiger partial charge in [-0.25, -0.2) is 4.79 Å². The van der Waals surface area contributed by atoms with Crippen molar-refractivity contribution in [2.24, 2.45) is 0 Å². The Kier molecular flexibility index (Phi) is 7.44. The van der Waals surface area contributed by atoms with E-state index in [-0.39, 0.29) is 12.2 Å². The Hall–Kier alpha value is -3.80. The van der Waals surface area contributed by atoms with Gasteiger partial charge in [-0.3, -0.25) is 4.79 Å². The molecule has 0 fully saturated rings. The number of para-hydroxylation sites is 2. The third kappa shape index (κ3) is 6.38. The summed E-state index contributed by atoms with van der Waals surface area (Å²) in [6, 6.07) is 23.5. The van der Waals surface area contributed by atoms with Gasteiger partial charge in [-0.05, 0) is 43.3 Å². The van der Waals surface area contributed by atoms with Gasteiger partial charge in [0.2, 0.25) is 0 Å². The van der Waals surface area contributed by atoms with Gasteiger partial charge in [-0.15, -0.1) is 0 Å². The minimum atomic E-state index is -0.631. The normalized spacial score (nSPS) is 10.2. The molecular weight excluding hydrogens is 382 g/mol. The van der Waals surface area contributed by atoms with E-state index in [1.165, 1.54) is 0 Å². The van der Waals surface area contributed by atoms with Crippen molar-refractivity contribution < 1.29 is 23.8 Å². The highest BCUT2D eigenvalue weighted by Crippen LogP contribution is 2.19. The molecule has 0 saturated carbocycles. The Bertz CT molecular complexity index is 970. The van der Waals surface area contributed by atoms with Crippen molar-refractivity contribution >= 4 is 17.6 Å². The number of ether oxygens (including phenoxy) is 3. The third-order valence-corrected chi connectivity index (χ3v) is 4.13. The number of anilines is 1. The van der Waals surface area contributed by atoms with E-state index >= 15 is 0 Å². The predicted octanol–water partition coefficient (Wildman–Crippen LogP) is 4.25. The molecule has 0 spiro atoms. The Morgan fingerprint density at radius 1 is 0.800 bits per heavy atom. The standard InChI is InChI=1S/C24H23NO5/c1-18-11-13-19(14-12-18)25-23(26)17-30-24(27)21-9-5-6-10-22(21)29-16-15-28-20-7-3-2-4-8-20/h2-14H,15-17H2,1H3,(H,25,26). The molecule has 30 heavy (non-hydrogen) atoms. The number of carbonyl (C=O) groups excluding carboxylic acids is 2. The Morgan fingerprint density at radius 3 is 2.23 bits per heavy atom. The average molecular weight is 405 g/mol. The van der Waals surface area contributed by atoms with Crippen LogP contribution in [0.1, 0.15) is 15.9 Å². The molecule has 0 unspecified atom stereocenters. The van der Waals surface area contributed by atoms with Crippen LogP contribution in [0, 0.1) is 6.92 Å². The van der Waals surface area contributed by atoms with Crippen LogP contribution in [0.15, 0.2) is 78.9 Å². The first kappa shape index (κ1) is 20.9. The number of amides is 1. The van der Waals surface area contributed by atoms with Gasteiger partial charge in [0.05, 0.1) is 0 Å². The second-order valence-electron chi connectivity index (χ2n) is 6.50. The van der Waals surface area contributed by atoms with Crippen LogP contribution in [-0.2, 0) is 9.53 Å². The lowest BCUT2D eigenvalue weighted by molar-refractivity contribution is -0.119. The molecule has 0 aliphatic heterocycles. The summed E-state index contributed by atoms with van der Waals surface area (Å²) >= 11 is 0. The van der Waals surface area contributed by atoms with Crippen LogP contribution in [0.3, 0.4) is 0 Å². The summed E-state index contributed by atoms with van der Waals surface area (Å²) in [6.45, 7) is 2.15. The van der Waals surface area contributed by atoms with Gasteiger partial charge >= 0.3 is 5.97 Å². The maximum atomic E-state index is 12.4. The summed E-state index contributed by atoms with van der Waals surface area (Å²) in [5, 5.41) is 2.68. The van der Waals surface area contributed by atoms with E-state index in [0.717, 1.165) is 11.3 Å². The van der Waals surface area contributed by atoms with E-state index in [9.17, 15) is 9.59 Å². The van der Waals surface area contributed by atoms with Gasteiger partial charge in [-0.1, -0.05) is 48.0 Å². The van der Waals surface area contributed by atoms with Crippen LogP contribution in [0.25, 0.3) is 0 Å². The zero-order valence-electron chi connectivity index (χ0n) is 16.7. The van der Waals surface area contributed by atoms with Gasteiger partial charge in [-0.2, -0.15) is 0 Å². The summed E-state index contributed by atoms with van der Waals surface area (Å²) in [5.74, 6) is 0.0713. The lowest BCUT2D eigenvalue weighted by Crippen LogP contribution is -2.21. The van der Waals surface area contributed by atoms with E-state index in [1.54, 1.807) is 36.4 Å². The topological polar surface area (TPSA) is 73.9 Å². The molecule has 3 aromatic carbocycles. The summed E-state index contributed by atoms with van der Waals surface area (Å²) < 4.78 is 16.4. The number of carbonyl (C=O) groups is 2. The third-order valence-electron chi connectivity index (χ3n) is 4.13. The van der Waals surface area contributed by atoms with Gasteiger partial charge in [0.1, 0.15) is 30.3 Å². The first-order chi connectivity index (χ1) is 14.6. The van der Waals surface area contributed by atoms with E-state index in [2.05, 4.69) is 5.32 Å². The molecule has 6 nitrogen and oxygen atoms in total. The van der Waals surface area contributed by atoms with Crippen molar-refractivity contribution in [1.82, 2.24) is 0 Å². The van der Waals surface area contributed by atoms with Gasteiger partial charge in [0, 0.05) is 5.69 Å². The van der Waals surface area contributed by atoms with Crippen LogP contribution in [0.4, 0.5) is 5.69 Å². The molecule has 0 saturated heterocycles. The molecule has 0 heterocycles. The minimum Gasteiger partial charge on any atom is -0.490 e. The first-order valence-electron chi connectivity index (χ1n) is 9.55. The molecule has 0 aliphatic carbocycles.